The molecular weight excluding hydrogens is 432 g/mol. The lowest BCUT2D eigenvalue weighted by atomic mass is 10.0. The molecule has 7 heteroatoms. The Labute approximate surface area is 200 Å². The fourth-order valence-electron chi connectivity index (χ4n) is 3.72. The molecule has 2 aromatic carbocycles. The Kier molecular flexibility index (Phi) is 8.85. The summed E-state index contributed by atoms with van der Waals surface area (Å²) in [6.45, 7) is 8.13. The van der Waals surface area contributed by atoms with Gasteiger partial charge >= 0.3 is 5.97 Å². The van der Waals surface area contributed by atoms with Crippen LogP contribution in [0.2, 0.25) is 0 Å². The van der Waals surface area contributed by atoms with E-state index in [2.05, 4.69) is 17.2 Å². The molecule has 0 saturated carbocycles. The van der Waals surface area contributed by atoms with Crippen LogP contribution in [0.5, 0.6) is 5.75 Å². The van der Waals surface area contributed by atoms with E-state index in [1.165, 1.54) is 12.5 Å². The highest BCUT2D eigenvalue weighted by atomic mass is 16.5. The lowest BCUT2D eigenvalue weighted by Gasteiger charge is -2.11. The van der Waals surface area contributed by atoms with Gasteiger partial charge in [0, 0.05) is 31.0 Å². The molecule has 0 radical (unpaired) electrons. The van der Waals surface area contributed by atoms with Crippen LogP contribution in [0.1, 0.15) is 49.8 Å². The van der Waals surface area contributed by atoms with Crippen LogP contribution in [-0.2, 0) is 33.6 Å². The number of nitrogens with one attached hydrogen (secondary N) is 1. The zero-order chi connectivity index (χ0) is 24.5. The van der Waals surface area contributed by atoms with Gasteiger partial charge in [-0.15, -0.1) is 0 Å². The number of ether oxygens (including phenoxy) is 2. The van der Waals surface area contributed by atoms with Gasteiger partial charge in [-0.25, -0.2) is 4.98 Å². The second kappa shape index (κ2) is 12.0. The van der Waals surface area contributed by atoms with E-state index >= 15 is 0 Å². The summed E-state index contributed by atoms with van der Waals surface area (Å²) in [7, 11) is 0. The normalized spacial score (nSPS) is 10.7. The largest absolute Gasteiger partial charge is 0.493 e. The summed E-state index contributed by atoms with van der Waals surface area (Å²) in [5.74, 6) is 1.75. The highest BCUT2D eigenvalue weighted by molar-refractivity contribution is 5.89. The molecule has 1 aromatic heterocycles. The Hall–Kier alpha value is -3.61. The van der Waals surface area contributed by atoms with Gasteiger partial charge in [0.05, 0.1) is 18.9 Å². The van der Waals surface area contributed by atoms with E-state index in [9.17, 15) is 9.59 Å². The molecule has 3 rings (SSSR count). The van der Waals surface area contributed by atoms with Crippen molar-refractivity contribution in [1.82, 2.24) is 4.98 Å². The predicted molar refractivity (Wildman–Crippen MR) is 131 cm³/mol. The summed E-state index contributed by atoms with van der Waals surface area (Å²) in [5, 5.41) is 2.77. The van der Waals surface area contributed by atoms with Gasteiger partial charge in [-0.2, -0.15) is 0 Å². The Bertz CT molecular complexity index is 1140. The van der Waals surface area contributed by atoms with Gasteiger partial charge in [0.15, 0.2) is 0 Å². The minimum atomic E-state index is -0.172. The maximum Gasteiger partial charge on any atom is 0.306 e. The van der Waals surface area contributed by atoms with Gasteiger partial charge < -0.3 is 19.2 Å². The predicted octanol–water partition coefficient (Wildman–Crippen LogP) is 5.29. The third kappa shape index (κ3) is 6.94. The first-order valence-corrected chi connectivity index (χ1v) is 11.6. The van der Waals surface area contributed by atoms with Crippen molar-refractivity contribution in [3.63, 3.8) is 0 Å². The first-order valence-electron chi connectivity index (χ1n) is 11.6. The molecule has 0 bridgehead atoms. The van der Waals surface area contributed by atoms with Crippen LogP contribution in [-0.4, -0.2) is 30.1 Å². The van der Waals surface area contributed by atoms with Gasteiger partial charge in [-0.3, -0.25) is 9.59 Å². The average molecular weight is 465 g/mol. The van der Waals surface area contributed by atoms with Crippen LogP contribution < -0.4 is 10.1 Å². The van der Waals surface area contributed by atoms with Gasteiger partial charge in [0.1, 0.15) is 11.5 Å². The number of carbonyl (C=O) groups excluding carboxylic acids is 2. The van der Waals surface area contributed by atoms with Gasteiger partial charge in [0.25, 0.3) is 0 Å². The highest BCUT2D eigenvalue weighted by Gasteiger charge is 2.13. The van der Waals surface area contributed by atoms with Crippen LogP contribution >= 0.6 is 0 Å². The molecule has 0 saturated heterocycles. The van der Waals surface area contributed by atoms with E-state index in [1.807, 2.05) is 56.3 Å². The van der Waals surface area contributed by atoms with E-state index in [1.54, 1.807) is 0 Å². The van der Waals surface area contributed by atoms with Gasteiger partial charge in [0.2, 0.25) is 11.8 Å². The highest BCUT2D eigenvalue weighted by Crippen LogP contribution is 2.25. The van der Waals surface area contributed by atoms with Crippen molar-refractivity contribution < 1.29 is 23.5 Å². The Balaban J connectivity index is 1.60. The molecule has 0 aliphatic rings. The van der Waals surface area contributed by atoms with Crippen molar-refractivity contribution in [1.29, 1.82) is 0 Å². The Morgan fingerprint density at radius 3 is 2.62 bits per heavy atom. The summed E-state index contributed by atoms with van der Waals surface area (Å²) in [6, 6.07) is 13.4. The second-order valence-electron chi connectivity index (χ2n) is 7.97. The number of hydrogen-bond acceptors (Lipinski definition) is 6. The van der Waals surface area contributed by atoms with E-state index in [4.69, 9.17) is 13.9 Å². The number of aryl methyl sites for hydroxylation is 3. The molecule has 0 aliphatic carbocycles. The van der Waals surface area contributed by atoms with Crippen molar-refractivity contribution in [2.45, 2.75) is 53.4 Å². The summed E-state index contributed by atoms with van der Waals surface area (Å²) in [5.41, 5.74) is 4.64. The van der Waals surface area contributed by atoms with E-state index in [0.717, 1.165) is 34.8 Å². The molecule has 34 heavy (non-hydrogen) atoms. The van der Waals surface area contributed by atoms with Crippen LogP contribution in [0, 0.1) is 6.92 Å². The number of nitrogens with zero attached hydrogens (tertiary/aromatic N) is 1. The number of rotatable bonds is 11. The number of amides is 1. The molecule has 180 valence electrons. The van der Waals surface area contributed by atoms with E-state index in [-0.39, 0.29) is 11.9 Å². The summed E-state index contributed by atoms with van der Waals surface area (Å²) >= 11 is 0. The van der Waals surface area contributed by atoms with Crippen LogP contribution in [0.4, 0.5) is 5.69 Å². The number of aromatic nitrogens is 1. The Morgan fingerprint density at radius 2 is 1.88 bits per heavy atom. The summed E-state index contributed by atoms with van der Waals surface area (Å²) < 4.78 is 16.9. The van der Waals surface area contributed by atoms with Crippen molar-refractivity contribution in [3.05, 3.63) is 65.0 Å². The molecule has 1 N–H and O–H groups in total. The third-order valence-corrected chi connectivity index (χ3v) is 5.39. The average Bonchev–Trinajstić information content (AvgIpc) is 3.18. The van der Waals surface area contributed by atoms with Crippen LogP contribution in [0.15, 0.2) is 46.9 Å². The van der Waals surface area contributed by atoms with Crippen molar-refractivity contribution in [2.75, 3.05) is 18.5 Å². The molecule has 7 nitrogen and oxygen atoms in total. The molecule has 3 aromatic rings. The standard InChI is InChI=1S/C27H32N2O5/c1-5-20-17-24(12-10-21(20)11-13-26(31)32-6-2)33-15-14-25-18(3)34-27(29-25)22-8-7-9-23(16-22)28-19(4)30/h7-10,12,16-17H,5-6,11,13-15H2,1-4H3,(H,28,30). The topological polar surface area (TPSA) is 90.7 Å². The minimum Gasteiger partial charge on any atom is -0.493 e. The zero-order valence-corrected chi connectivity index (χ0v) is 20.3. The molecule has 0 fully saturated rings. The number of esters is 1. The van der Waals surface area contributed by atoms with Gasteiger partial charge in [-0.1, -0.05) is 19.1 Å². The fourth-order valence-corrected chi connectivity index (χ4v) is 3.72. The minimum absolute atomic E-state index is 0.128. The molecule has 1 amide bonds. The number of benzene rings is 2. The van der Waals surface area contributed by atoms with E-state index in [0.29, 0.717) is 44.1 Å². The monoisotopic (exact) mass is 464 g/mol. The molecule has 0 spiro atoms. The molecule has 0 aliphatic heterocycles. The zero-order valence-electron chi connectivity index (χ0n) is 20.3. The SMILES string of the molecule is CCOC(=O)CCc1ccc(OCCc2nc(-c3cccc(NC(C)=O)c3)oc2C)cc1CC. The number of hydrogen-bond donors (Lipinski definition) is 1. The molecular formula is C27H32N2O5. The summed E-state index contributed by atoms with van der Waals surface area (Å²) in [4.78, 5) is 27.6. The third-order valence-electron chi connectivity index (χ3n) is 5.39. The first kappa shape index (κ1) is 25.0. The van der Waals surface area contributed by atoms with Crippen LogP contribution in [0.3, 0.4) is 0 Å². The fraction of sp³-hybridized carbons (Fsp3) is 0.370. The molecule has 1 heterocycles. The van der Waals surface area contributed by atoms with E-state index < -0.39 is 0 Å². The molecule has 0 atom stereocenters. The van der Waals surface area contributed by atoms with Crippen molar-refractivity contribution in [2.24, 2.45) is 0 Å². The number of anilines is 1. The summed E-state index contributed by atoms with van der Waals surface area (Å²) in [6.07, 6.45) is 2.50. The second-order valence-corrected chi connectivity index (χ2v) is 7.97. The molecule has 0 unspecified atom stereocenters. The lowest BCUT2D eigenvalue weighted by molar-refractivity contribution is -0.143. The number of carbonyl (C=O) groups is 2. The first-order chi connectivity index (χ1) is 16.4. The Morgan fingerprint density at radius 1 is 1.06 bits per heavy atom. The van der Waals surface area contributed by atoms with Crippen LogP contribution in [0.25, 0.3) is 11.5 Å². The lowest BCUT2D eigenvalue weighted by Crippen LogP contribution is -2.07. The maximum absolute atomic E-state index is 11.7. The quantitative estimate of drug-likeness (QED) is 0.388. The maximum atomic E-state index is 11.7. The van der Waals surface area contributed by atoms with Crippen molar-refractivity contribution in [3.8, 4) is 17.2 Å². The van der Waals surface area contributed by atoms with Gasteiger partial charge in [-0.05, 0) is 68.1 Å². The smallest absolute Gasteiger partial charge is 0.306 e. The number of oxazole rings is 1. The van der Waals surface area contributed by atoms with Crippen molar-refractivity contribution >= 4 is 17.6 Å².